The molecular formula is C13H13Cl2NO3. The van der Waals surface area contributed by atoms with E-state index >= 15 is 0 Å². The fraction of sp³-hybridized carbons (Fsp3) is 0.231. The number of carbonyl (C=O) groups is 2. The van der Waals surface area contributed by atoms with Gasteiger partial charge in [-0.2, -0.15) is 0 Å². The van der Waals surface area contributed by atoms with Crippen molar-refractivity contribution in [3.05, 3.63) is 39.9 Å². The molecule has 0 aliphatic rings. The number of benzene rings is 1. The van der Waals surface area contributed by atoms with Crippen LogP contribution in [-0.4, -0.2) is 25.0 Å². The summed E-state index contributed by atoms with van der Waals surface area (Å²) in [6.07, 6.45) is 2.80. The van der Waals surface area contributed by atoms with Gasteiger partial charge in [-0.3, -0.25) is 4.79 Å². The molecule has 0 bridgehead atoms. The van der Waals surface area contributed by atoms with E-state index in [0.717, 1.165) is 0 Å². The van der Waals surface area contributed by atoms with Crippen LogP contribution in [0.5, 0.6) is 0 Å². The predicted octanol–water partition coefficient (Wildman–Crippen LogP) is 2.68. The third-order valence-electron chi connectivity index (χ3n) is 2.31. The SMILES string of the molecule is COC(=O)[C@@H](C)NC(=O)/C=C/c1cccc(Cl)c1Cl. The Balaban J connectivity index is 2.69. The molecule has 19 heavy (non-hydrogen) atoms. The van der Waals surface area contributed by atoms with Gasteiger partial charge >= 0.3 is 5.97 Å². The molecule has 6 heteroatoms. The summed E-state index contributed by atoms with van der Waals surface area (Å²) in [6.45, 7) is 1.53. The van der Waals surface area contributed by atoms with E-state index in [1.54, 1.807) is 18.2 Å². The molecule has 0 heterocycles. The number of carbonyl (C=O) groups excluding carboxylic acids is 2. The number of hydrogen-bond acceptors (Lipinski definition) is 3. The van der Waals surface area contributed by atoms with Crippen molar-refractivity contribution in [2.45, 2.75) is 13.0 Å². The number of amides is 1. The highest BCUT2D eigenvalue weighted by molar-refractivity contribution is 6.42. The molecule has 0 spiro atoms. The first-order chi connectivity index (χ1) is 8.95. The molecule has 0 radical (unpaired) electrons. The van der Waals surface area contributed by atoms with Crippen LogP contribution in [0.1, 0.15) is 12.5 Å². The smallest absolute Gasteiger partial charge is 0.328 e. The van der Waals surface area contributed by atoms with Gasteiger partial charge in [-0.1, -0.05) is 35.3 Å². The maximum atomic E-state index is 11.6. The first-order valence-electron chi connectivity index (χ1n) is 5.46. The third-order valence-corrected chi connectivity index (χ3v) is 3.14. The van der Waals surface area contributed by atoms with Crippen LogP contribution >= 0.6 is 23.2 Å². The van der Waals surface area contributed by atoms with Gasteiger partial charge in [-0.15, -0.1) is 0 Å². The Morgan fingerprint density at radius 3 is 2.68 bits per heavy atom. The van der Waals surface area contributed by atoms with Crippen LogP contribution in [0, 0.1) is 0 Å². The molecule has 0 fully saturated rings. The molecule has 0 saturated carbocycles. The zero-order chi connectivity index (χ0) is 14.4. The lowest BCUT2D eigenvalue weighted by Gasteiger charge is -2.09. The maximum absolute atomic E-state index is 11.6. The van der Waals surface area contributed by atoms with Gasteiger partial charge in [0.2, 0.25) is 5.91 Å². The molecule has 4 nitrogen and oxygen atoms in total. The largest absolute Gasteiger partial charge is 0.467 e. The molecular weight excluding hydrogens is 289 g/mol. The summed E-state index contributed by atoms with van der Waals surface area (Å²) in [5.41, 5.74) is 0.620. The summed E-state index contributed by atoms with van der Waals surface area (Å²) in [5, 5.41) is 3.24. The van der Waals surface area contributed by atoms with Crippen molar-refractivity contribution >= 4 is 41.2 Å². The number of hydrogen-bond donors (Lipinski definition) is 1. The Kier molecular flexibility index (Phi) is 5.86. The van der Waals surface area contributed by atoms with Crippen molar-refractivity contribution in [3.63, 3.8) is 0 Å². The van der Waals surface area contributed by atoms with Gasteiger partial charge in [0.05, 0.1) is 17.2 Å². The summed E-state index contributed by atoms with van der Waals surface area (Å²) in [5.74, 6) is -0.934. The second-order valence-corrected chi connectivity index (χ2v) is 4.51. The van der Waals surface area contributed by atoms with Crippen molar-refractivity contribution in [2.75, 3.05) is 7.11 Å². The monoisotopic (exact) mass is 301 g/mol. The Bertz CT molecular complexity index is 515. The van der Waals surface area contributed by atoms with Crippen LogP contribution < -0.4 is 5.32 Å². The number of halogens is 2. The van der Waals surface area contributed by atoms with Crippen LogP contribution in [0.15, 0.2) is 24.3 Å². The Morgan fingerprint density at radius 1 is 1.37 bits per heavy atom. The van der Waals surface area contributed by atoms with Gasteiger partial charge < -0.3 is 10.1 Å². The molecule has 1 amide bonds. The van der Waals surface area contributed by atoms with Crippen LogP contribution in [-0.2, 0) is 14.3 Å². The highest BCUT2D eigenvalue weighted by Crippen LogP contribution is 2.26. The van der Waals surface area contributed by atoms with Crippen LogP contribution in [0.2, 0.25) is 10.0 Å². The van der Waals surface area contributed by atoms with Gasteiger partial charge in [0.1, 0.15) is 6.04 Å². The fourth-order valence-electron chi connectivity index (χ4n) is 1.31. The lowest BCUT2D eigenvalue weighted by molar-refractivity contribution is -0.144. The van der Waals surface area contributed by atoms with Crippen molar-refractivity contribution in [1.29, 1.82) is 0 Å². The number of methoxy groups -OCH3 is 1. The number of esters is 1. The van der Waals surface area contributed by atoms with Gasteiger partial charge in [0.15, 0.2) is 0 Å². The van der Waals surface area contributed by atoms with Crippen molar-refractivity contribution < 1.29 is 14.3 Å². The van der Waals surface area contributed by atoms with Gasteiger partial charge in [0.25, 0.3) is 0 Å². The number of ether oxygens (including phenoxy) is 1. The number of rotatable bonds is 4. The summed E-state index contributed by atoms with van der Waals surface area (Å²) in [7, 11) is 1.26. The molecule has 1 aromatic rings. The molecule has 0 aliphatic heterocycles. The minimum atomic E-state index is -0.711. The molecule has 1 rings (SSSR count). The van der Waals surface area contributed by atoms with E-state index in [1.807, 2.05) is 0 Å². The molecule has 102 valence electrons. The highest BCUT2D eigenvalue weighted by atomic mass is 35.5. The zero-order valence-electron chi connectivity index (χ0n) is 10.4. The van der Waals surface area contributed by atoms with Gasteiger partial charge in [-0.25, -0.2) is 4.79 Å². The molecule has 1 atom stereocenters. The Hall–Kier alpha value is -1.52. The number of nitrogens with one attached hydrogen (secondary N) is 1. The summed E-state index contributed by atoms with van der Waals surface area (Å²) in [6, 6.07) is 4.39. The molecule has 0 aliphatic carbocycles. The van der Waals surface area contributed by atoms with Gasteiger partial charge in [0, 0.05) is 6.08 Å². The highest BCUT2D eigenvalue weighted by Gasteiger charge is 2.14. The van der Waals surface area contributed by atoms with E-state index < -0.39 is 17.9 Å². The van der Waals surface area contributed by atoms with Crippen molar-refractivity contribution in [3.8, 4) is 0 Å². The van der Waals surface area contributed by atoms with E-state index in [1.165, 1.54) is 26.2 Å². The minimum Gasteiger partial charge on any atom is -0.467 e. The average molecular weight is 302 g/mol. The fourth-order valence-corrected chi connectivity index (χ4v) is 1.68. The quantitative estimate of drug-likeness (QED) is 0.687. The van der Waals surface area contributed by atoms with E-state index in [9.17, 15) is 9.59 Å². The first-order valence-corrected chi connectivity index (χ1v) is 6.21. The standard InChI is InChI=1S/C13H13Cl2NO3/c1-8(13(18)19-2)16-11(17)7-6-9-4-3-5-10(14)12(9)15/h3-8H,1-2H3,(H,16,17)/b7-6+/t8-/m1/s1. The van der Waals surface area contributed by atoms with Crippen LogP contribution in [0.3, 0.4) is 0 Å². The van der Waals surface area contributed by atoms with Crippen LogP contribution in [0.25, 0.3) is 6.08 Å². The Morgan fingerprint density at radius 2 is 2.05 bits per heavy atom. The van der Waals surface area contributed by atoms with Gasteiger partial charge in [-0.05, 0) is 24.6 Å². The third kappa shape index (κ3) is 4.58. The molecule has 0 saturated heterocycles. The van der Waals surface area contributed by atoms with Crippen molar-refractivity contribution in [1.82, 2.24) is 5.32 Å². The minimum absolute atomic E-state index is 0.370. The van der Waals surface area contributed by atoms with E-state index in [-0.39, 0.29) is 0 Å². The second kappa shape index (κ2) is 7.16. The second-order valence-electron chi connectivity index (χ2n) is 3.73. The zero-order valence-corrected chi connectivity index (χ0v) is 12.0. The maximum Gasteiger partial charge on any atom is 0.328 e. The van der Waals surface area contributed by atoms with Crippen molar-refractivity contribution in [2.24, 2.45) is 0 Å². The Labute approximate surface area is 121 Å². The summed E-state index contributed by atoms with van der Waals surface area (Å²) >= 11 is 11.8. The van der Waals surface area contributed by atoms with E-state index in [0.29, 0.717) is 15.6 Å². The lowest BCUT2D eigenvalue weighted by atomic mass is 10.2. The summed E-state index contributed by atoms with van der Waals surface area (Å²) in [4.78, 5) is 22.7. The average Bonchev–Trinajstić information content (AvgIpc) is 2.39. The lowest BCUT2D eigenvalue weighted by Crippen LogP contribution is -2.38. The molecule has 0 unspecified atom stereocenters. The van der Waals surface area contributed by atoms with E-state index in [4.69, 9.17) is 23.2 Å². The molecule has 1 aromatic carbocycles. The summed E-state index contributed by atoms with van der Waals surface area (Å²) < 4.78 is 4.49. The molecule has 1 N–H and O–H groups in total. The van der Waals surface area contributed by atoms with Crippen LogP contribution in [0.4, 0.5) is 0 Å². The normalized spacial score (nSPS) is 12.2. The topological polar surface area (TPSA) is 55.4 Å². The molecule has 0 aromatic heterocycles. The predicted molar refractivity (Wildman–Crippen MR) is 75.1 cm³/mol. The van der Waals surface area contributed by atoms with E-state index in [2.05, 4.69) is 10.1 Å². The first kappa shape index (κ1) is 15.5.